The third-order valence-electron chi connectivity index (χ3n) is 5.01. The molecule has 14 heavy (non-hydrogen) atoms. The van der Waals surface area contributed by atoms with E-state index in [1.165, 1.54) is 25.7 Å². The van der Waals surface area contributed by atoms with Gasteiger partial charge in [0.1, 0.15) is 0 Å². The Bertz CT molecular complexity index is 251. The van der Waals surface area contributed by atoms with Crippen molar-refractivity contribution in [2.75, 3.05) is 6.61 Å². The molecule has 2 N–H and O–H groups in total. The maximum atomic E-state index is 6.60. The van der Waals surface area contributed by atoms with Gasteiger partial charge in [0.25, 0.3) is 0 Å². The molecule has 2 aliphatic carbocycles. The molecule has 3 atom stereocenters. The van der Waals surface area contributed by atoms with Crippen molar-refractivity contribution in [1.82, 2.24) is 0 Å². The van der Waals surface area contributed by atoms with Crippen molar-refractivity contribution in [3.63, 3.8) is 0 Å². The van der Waals surface area contributed by atoms with E-state index in [0.717, 1.165) is 18.4 Å². The minimum absolute atomic E-state index is 0.0269. The molecular formula is C12H21NO. The number of ether oxygens (including phenoxy) is 1. The molecule has 1 saturated heterocycles. The van der Waals surface area contributed by atoms with Crippen LogP contribution >= 0.6 is 0 Å². The Labute approximate surface area is 86.2 Å². The Morgan fingerprint density at radius 2 is 1.79 bits per heavy atom. The molecule has 0 radical (unpaired) electrons. The Morgan fingerprint density at radius 1 is 1.14 bits per heavy atom. The third kappa shape index (κ3) is 0.938. The van der Waals surface area contributed by atoms with E-state index in [-0.39, 0.29) is 11.1 Å². The van der Waals surface area contributed by atoms with Crippen LogP contribution in [0.15, 0.2) is 0 Å². The highest BCUT2D eigenvalue weighted by molar-refractivity contribution is 5.24. The lowest BCUT2D eigenvalue weighted by molar-refractivity contribution is -0.00132. The molecule has 3 unspecified atom stereocenters. The minimum Gasteiger partial charge on any atom is -0.375 e. The highest BCUT2D eigenvalue weighted by Gasteiger charge is 2.69. The van der Waals surface area contributed by atoms with Crippen LogP contribution in [0.1, 0.15) is 39.5 Å². The van der Waals surface area contributed by atoms with Crippen molar-refractivity contribution >= 4 is 0 Å². The summed E-state index contributed by atoms with van der Waals surface area (Å²) in [5.41, 5.74) is 6.77. The van der Waals surface area contributed by atoms with E-state index < -0.39 is 0 Å². The fourth-order valence-electron chi connectivity index (χ4n) is 4.30. The van der Waals surface area contributed by atoms with E-state index in [4.69, 9.17) is 10.5 Å². The average molecular weight is 195 g/mol. The van der Waals surface area contributed by atoms with Crippen molar-refractivity contribution in [2.45, 2.75) is 50.7 Å². The van der Waals surface area contributed by atoms with E-state index in [2.05, 4.69) is 13.8 Å². The van der Waals surface area contributed by atoms with Crippen LogP contribution in [0.5, 0.6) is 0 Å². The van der Waals surface area contributed by atoms with E-state index in [1.54, 1.807) is 0 Å². The molecule has 0 amide bonds. The van der Waals surface area contributed by atoms with Gasteiger partial charge in [-0.3, -0.25) is 0 Å². The van der Waals surface area contributed by atoms with Gasteiger partial charge in [0, 0.05) is 18.1 Å². The Morgan fingerprint density at radius 3 is 2.29 bits per heavy atom. The fraction of sp³-hybridized carbons (Fsp3) is 1.00. The molecule has 2 saturated carbocycles. The van der Waals surface area contributed by atoms with E-state index >= 15 is 0 Å². The number of fused-ring (bicyclic) bond motifs is 1. The Hall–Kier alpha value is -0.0800. The number of hydrogen-bond donors (Lipinski definition) is 1. The zero-order chi connectivity index (χ0) is 9.97. The zero-order valence-electron chi connectivity index (χ0n) is 9.25. The van der Waals surface area contributed by atoms with Crippen molar-refractivity contribution in [3.8, 4) is 0 Å². The van der Waals surface area contributed by atoms with Crippen LogP contribution in [0.2, 0.25) is 0 Å². The summed E-state index contributed by atoms with van der Waals surface area (Å²) in [7, 11) is 0. The van der Waals surface area contributed by atoms with Crippen molar-refractivity contribution in [2.24, 2.45) is 23.5 Å². The minimum atomic E-state index is 0.0269. The number of nitrogens with two attached hydrogens (primary N) is 1. The van der Waals surface area contributed by atoms with Gasteiger partial charge >= 0.3 is 0 Å². The van der Waals surface area contributed by atoms with Gasteiger partial charge in [-0.2, -0.15) is 0 Å². The second-order valence-electron chi connectivity index (χ2n) is 5.94. The molecule has 2 heteroatoms. The topological polar surface area (TPSA) is 35.2 Å². The van der Waals surface area contributed by atoms with Crippen LogP contribution in [-0.4, -0.2) is 17.7 Å². The molecule has 3 aliphatic rings. The molecule has 3 fully saturated rings. The van der Waals surface area contributed by atoms with Gasteiger partial charge in [-0.15, -0.1) is 0 Å². The molecule has 2 nitrogen and oxygen atoms in total. The molecule has 0 aromatic rings. The summed E-state index contributed by atoms with van der Waals surface area (Å²) in [5.74, 6) is 2.26. The summed E-state index contributed by atoms with van der Waals surface area (Å²) in [6.07, 6.45) is 5.32. The monoisotopic (exact) mass is 195 g/mol. The van der Waals surface area contributed by atoms with Gasteiger partial charge in [0.15, 0.2) is 0 Å². The number of hydrogen-bond acceptors (Lipinski definition) is 2. The Kier molecular flexibility index (Phi) is 1.66. The molecule has 0 spiro atoms. The molecule has 0 aromatic heterocycles. The second-order valence-corrected chi connectivity index (χ2v) is 5.94. The van der Waals surface area contributed by atoms with Crippen LogP contribution in [0.25, 0.3) is 0 Å². The van der Waals surface area contributed by atoms with Gasteiger partial charge in [-0.05, 0) is 44.9 Å². The first-order chi connectivity index (χ1) is 6.57. The van der Waals surface area contributed by atoms with Gasteiger partial charge in [0.2, 0.25) is 0 Å². The zero-order valence-corrected chi connectivity index (χ0v) is 9.25. The summed E-state index contributed by atoms with van der Waals surface area (Å²) in [5, 5.41) is 0. The predicted octanol–water partition coefficient (Wildman–Crippen LogP) is 1.93. The third-order valence-corrected chi connectivity index (χ3v) is 5.01. The van der Waals surface area contributed by atoms with Gasteiger partial charge in [-0.25, -0.2) is 0 Å². The van der Waals surface area contributed by atoms with Gasteiger partial charge in [-0.1, -0.05) is 6.42 Å². The van der Waals surface area contributed by atoms with Gasteiger partial charge in [0.05, 0.1) is 5.60 Å². The SMILES string of the molecule is CC1(C)OCCC1C1(N)C2CCCC21. The molecular weight excluding hydrogens is 174 g/mol. The average Bonchev–Trinajstić information content (AvgIpc) is 2.60. The largest absolute Gasteiger partial charge is 0.375 e. The van der Waals surface area contributed by atoms with Crippen molar-refractivity contribution < 1.29 is 4.74 Å². The molecule has 1 heterocycles. The lowest BCUT2D eigenvalue weighted by atomic mass is 9.79. The summed E-state index contributed by atoms with van der Waals surface area (Å²) in [6.45, 7) is 5.34. The standard InChI is InChI=1S/C12H21NO/c1-11(2)10(6-7-14-11)12(13)8-4-3-5-9(8)12/h8-10H,3-7,13H2,1-2H3. The highest BCUT2D eigenvalue weighted by Crippen LogP contribution is 2.65. The highest BCUT2D eigenvalue weighted by atomic mass is 16.5. The van der Waals surface area contributed by atoms with Crippen molar-refractivity contribution in [1.29, 1.82) is 0 Å². The summed E-state index contributed by atoms with van der Waals surface area (Å²) >= 11 is 0. The van der Waals surface area contributed by atoms with E-state index in [1.807, 2.05) is 0 Å². The summed E-state index contributed by atoms with van der Waals surface area (Å²) < 4.78 is 5.80. The molecule has 80 valence electrons. The van der Waals surface area contributed by atoms with Gasteiger partial charge < -0.3 is 10.5 Å². The predicted molar refractivity (Wildman–Crippen MR) is 55.9 cm³/mol. The lowest BCUT2D eigenvalue weighted by Crippen LogP contribution is -2.46. The quantitative estimate of drug-likeness (QED) is 0.694. The maximum absolute atomic E-state index is 6.60. The molecule has 0 bridgehead atoms. The van der Waals surface area contributed by atoms with Crippen LogP contribution in [0, 0.1) is 17.8 Å². The first-order valence-electron chi connectivity index (χ1n) is 5.99. The van der Waals surface area contributed by atoms with Crippen LogP contribution in [0.4, 0.5) is 0 Å². The molecule has 1 aliphatic heterocycles. The van der Waals surface area contributed by atoms with E-state index in [0.29, 0.717) is 5.92 Å². The fourth-order valence-corrected chi connectivity index (χ4v) is 4.30. The van der Waals surface area contributed by atoms with Crippen LogP contribution in [0.3, 0.4) is 0 Å². The van der Waals surface area contributed by atoms with Crippen LogP contribution < -0.4 is 5.73 Å². The summed E-state index contributed by atoms with van der Waals surface area (Å²) in [4.78, 5) is 0. The van der Waals surface area contributed by atoms with E-state index in [9.17, 15) is 0 Å². The van der Waals surface area contributed by atoms with Crippen molar-refractivity contribution in [3.05, 3.63) is 0 Å². The maximum Gasteiger partial charge on any atom is 0.0673 e. The Balaban J connectivity index is 1.83. The van der Waals surface area contributed by atoms with Crippen LogP contribution in [-0.2, 0) is 4.74 Å². The first-order valence-corrected chi connectivity index (χ1v) is 5.99. The molecule has 0 aromatic carbocycles. The molecule has 3 rings (SSSR count). The smallest absolute Gasteiger partial charge is 0.0673 e. The lowest BCUT2D eigenvalue weighted by Gasteiger charge is -2.33. The number of rotatable bonds is 1. The first kappa shape index (κ1) is 9.17. The normalized spacial score (nSPS) is 54.6. The second kappa shape index (κ2) is 2.53. The summed E-state index contributed by atoms with van der Waals surface area (Å²) in [6, 6.07) is 0.